The van der Waals surface area contributed by atoms with Crippen LogP contribution in [-0.2, 0) is 6.54 Å². The maximum Gasteiger partial charge on any atom is 0.272 e. The molecule has 2 rings (SSSR count). The maximum atomic E-state index is 12.3. The van der Waals surface area contributed by atoms with E-state index in [1.54, 1.807) is 10.9 Å². The number of hydrogen-bond donors (Lipinski definition) is 0. The molecule has 5 nitrogen and oxygen atoms in total. The lowest BCUT2D eigenvalue weighted by Crippen LogP contribution is -2.47. The van der Waals surface area contributed by atoms with Crippen LogP contribution in [0, 0.1) is 0 Å². The van der Waals surface area contributed by atoms with Crippen molar-refractivity contribution in [1.82, 2.24) is 19.6 Å². The highest BCUT2D eigenvalue weighted by Gasteiger charge is 2.22. The van der Waals surface area contributed by atoms with Gasteiger partial charge in [-0.25, -0.2) is 0 Å². The summed E-state index contributed by atoms with van der Waals surface area (Å²) in [6.45, 7) is 6.42. The summed E-state index contributed by atoms with van der Waals surface area (Å²) in [5, 5.41) is 4.20. The van der Waals surface area contributed by atoms with Crippen LogP contribution in [-0.4, -0.2) is 58.7 Å². The lowest BCUT2D eigenvalue weighted by molar-refractivity contribution is 0.0651. The number of aryl methyl sites for hydroxylation is 1. The van der Waals surface area contributed by atoms with Crippen molar-refractivity contribution in [1.29, 1.82) is 0 Å². The molecule has 1 amide bonds. The van der Waals surface area contributed by atoms with Crippen LogP contribution >= 0.6 is 0 Å². The van der Waals surface area contributed by atoms with Crippen LogP contribution in [0.15, 0.2) is 12.3 Å². The van der Waals surface area contributed by atoms with E-state index in [9.17, 15) is 4.79 Å². The van der Waals surface area contributed by atoms with E-state index in [-0.39, 0.29) is 5.91 Å². The fourth-order valence-electron chi connectivity index (χ4n) is 2.08. The molecule has 2 heterocycles. The van der Waals surface area contributed by atoms with Crippen LogP contribution in [0.3, 0.4) is 0 Å². The quantitative estimate of drug-likeness (QED) is 0.775. The molecule has 1 fully saturated rings. The number of carbonyl (C=O) groups excluding carboxylic acids is 1. The average molecular weight is 236 g/mol. The fourth-order valence-corrected chi connectivity index (χ4v) is 2.08. The molecule has 1 aliphatic heterocycles. The van der Waals surface area contributed by atoms with E-state index < -0.39 is 0 Å². The highest BCUT2D eigenvalue weighted by molar-refractivity contribution is 5.92. The Labute approximate surface area is 102 Å². The van der Waals surface area contributed by atoms with Gasteiger partial charge in [0, 0.05) is 38.9 Å². The summed E-state index contributed by atoms with van der Waals surface area (Å²) in [5.74, 6) is 0.115. The molecule has 1 aromatic heterocycles. The summed E-state index contributed by atoms with van der Waals surface area (Å²) in [5.41, 5.74) is 0.719. The monoisotopic (exact) mass is 236 g/mol. The molecule has 0 aromatic carbocycles. The van der Waals surface area contributed by atoms with Crippen molar-refractivity contribution >= 4 is 5.91 Å². The van der Waals surface area contributed by atoms with E-state index in [0.717, 1.165) is 44.8 Å². The molecule has 5 heteroatoms. The zero-order valence-corrected chi connectivity index (χ0v) is 10.6. The molecule has 1 saturated heterocycles. The second-order valence-electron chi connectivity index (χ2n) is 4.54. The Bertz CT molecular complexity index is 380. The van der Waals surface area contributed by atoms with Crippen molar-refractivity contribution in [2.45, 2.75) is 19.9 Å². The topological polar surface area (TPSA) is 41.4 Å². The maximum absolute atomic E-state index is 12.3. The molecule has 0 saturated carbocycles. The van der Waals surface area contributed by atoms with Crippen LogP contribution < -0.4 is 0 Å². The summed E-state index contributed by atoms with van der Waals surface area (Å²) in [6.07, 6.45) is 2.70. The number of rotatable bonds is 3. The molecule has 0 spiro atoms. The molecule has 0 bridgehead atoms. The first-order valence-electron chi connectivity index (χ1n) is 6.22. The van der Waals surface area contributed by atoms with Crippen molar-refractivity contribution in [2.75, 3.05) is 33.2 Å². The van der Waals surface area contributed by atoms with Crippen LogP contribution in [0.2, 0.25) is 0 Å². The Hall–Kier alpha value is -1.36. The van der Waals surface area contributed by atoms with E-state index in [0.29, 0.717) is 0 Å². The molecule has 1 aromatic rings. The third-order valence-electron chi connectivity index (χ3n) is 3.16. The Morgan fingerprint density at radius 2 is 2.06 bits per heavy atom. The standard InChI is InChI=1S/C12H20N4O/c1-3-6-16-11(4-5-13-16)12(17)15-9-7-14(2)8-10-15/h4-5H,3,6-10H2,1-2H3. The number of carbonyl (C=O) groups is 1. The largest absolute Gasteiger partial charge is 0.335 e. The summed E-state index contributed by atoms with van der Waals surface area (Å²) < 4.78 is 1.81. The van der Waals surface area contributed by atoms with Crippen molar-refractivity contribution in [2.24, 2.45) is 0 Å². The second kappa shape index (κ2) is 5.31. The first kappa shape index (κ1) is 12.1. The lowest BCUT2D eigenvalue weighted by atomic mass is 10.3. The third-order valence-corrected chi connectivity index (χ3v) is 3.16. The first-order chi connectivity index (χ1) is 8.22. The van der Waals surface area contributed by atoms with Gasteiger partial charge in [-0.15, -0.1) is 0 Å². The molecule has 1 aliphatic rings. The average Bonchev–Trinajstić information content (AvgIpc) is 2.78. The molecular formula is C12H20N4O. The van der Waals surface area contributed by atoms with Gasteiger partial charge in [-0.3, -0.25) is 9.48 Å². The minimum absolute atomic E-state index is 0.115. The minimum atomic E-state index is 0.115. The van der Waals surface area contributed by atoms with Crippen molar-refractivity contribution in [3.05, 3.63) is 18.0 Å². The zero-order valence-electron chi connectivity index (χ0n) is 10.6. The Balaban J connectivity index is 2.06. The summed E-state index contributed by atoms with van der Waals surface area (Å²) in [7, 11) is 2.09. The van der Waals surface area contributed by atoms with E-state index in [2.05, 4.69) is 24.0 Å². The van der Waals surface area contributed by atoms with E-state index in [4.69, 9.17) is 0 Å². The van der Waals surface area contributed by atoms with E-state index in [1.165, 1.54) is 0 Å². The molecule has 0 radical (unpaired) electrons. The summed E-state index contributed by atoms with van der Waals surface area (Å²) in [6, 6.07) is 1.82. The van der Waals surface area contributed by atoms with E-state index in [1.807, 2.05) is 11.0 Å². The predicted molar refractivity (Wildman–Crippen MR) is 65.9 cm³/mol. The number of nitrogens with zero attached hydrogens (tertiary/aromatic N) is 4. The van der Waals surface area contributed by atoms with Gasteiger partial charge in [0.1, 0.15) is 5.69 Å². The fraction of sp³-hybridized carbons (Fsp3) is 0.667. The Morgan fingerprint density at radius 1 is 1.35 bits per heavy atom. The number of piperazine rings is 1. The van der Waals surface area contributed by atoms with Gasteiger partial charge in [-0.2, -0.15) is 5.10 Å². The van der Waals surface area contributed by atoms with Gasteiger partial charge in [-0.05, 0) is 19.5 Å². The van der Waals surface area contributed by atoms with Crippen LogP contribution in [0.1, 0.15) is 23.8 Å². The summed E-state index contributed by atoms with van der Waals surface area (Å²) >= 11 is 0. The van der Waals surface area contributed by atoms with Gasteiger partial charge in [0.2, 0.25) is 0 Å². The molecule has 94 valence electrons. The highest BCUT2D eigenvalue weighted by atomic mass is 16.2. The Kier molecular flexibility index (Phi) is 3.78. The summed E-state index contributed by atoms with van der Waals surface area (Å²) in [4.78, 5) is 16.5. The zero-order chi connectivity index (χ0) is 12.3. The SMILES string of the molecule is CCCn1nccc1C(=O)N1CCN(C)CC1. The molecule has 0 unspecified atom stereocenters. The van der Waals surface area contributed by atoms with Crippen molar-refractivity contribution in [3.63, 3.8) is 0 Å². The molecule has 0 atom stereocenters. The van der Waals surface area contributed by atoms with Gasteiger partial charge in [0.05, 0.1) is 0 Å². The van der Waals surface area contributed by atoms with Crippen LogP contribution in [0.4, 0.5) is 0 Å². The van der Waals surface area contributed by atoms with Crippen molar-refractivity contribution < 1.29 is 4.79 Å². The highest BCUT2D eigenvalue weighted by Crippen LogP contribution is 2.08. The molecule has 0 aliphatic carbocycles. The number of aromatic nitrogens is 2. The smallest absolute Gasteiger partial charge is 0.272 e. The van der Waals surface area contributed by atoms with Crippen LogP contribution in [0.5, 0.6) is 0 Å². The lowest BCUT2D eigenvalue weighted by Gasteiger charge is -2.32. The van der Waals surface area contributed by atoms with Gasteiger partial charge in [0.25, 0.3) is 5.91 Å². The van der Waals surface area contributed by atoms with Crippen molar-refractivity contribution in [3.8, 4) is 0 Å². The predicted octanol–water partition coefficient (Wildman–Crippen LogP) is 0.681. The number of likely N-dealkylation sites (N-methyl/N-ethyl adjacent to an activating group) is 1. The Morgan fingerprint density at radius 3 is 2.71 bits per heavy atom. The van der Waals surface area contributed by atoms with Gasteiger partial charge >= 0.3 is 0 Å². The number of hydrogen-bond acceptors (Lipinski definition) is 3. The molecular weight excluding hydrogens is 216 g/mol. The van der Waals surface area contributed by atoms with Gasteiger partial charge in [-0.1, -0.05) is 6.92 Å². The number of amides is 1. The minimum Gasteiger partial charge on any atom is -0.335 e. The third kappa shape index (κ3) is 2.66. The van der Waals surface area contributed by atoms with E-state index >= 15 is 0 Å². The normalized spacial score (nSPS) is 17.4. The second-order valence-corrected chi connectivity index (χ2v) is 4.54. The van der Waals surface area contributed by atoms with Gasteiger partial charge in [0.15, 0.2) is 0 Å². The van der Waals surface area contributed by atoms with Gasteiger partial charge < -0.3 is 9.80 Å². The van der Waals surface area contributed by atoms with Crippen LogP contribution in [0.25, 0.3) is 0 Å². The molecule has 0 N–H and O–H groups in total. The molecule has 17 heavy (non-hydrogen) atoms. The first-order valence-corrected chi connectivity index (χ1v) is 6.22.